The van der Waals surface area contributed by atoms with Gasteiger partial charge in [0.05, 0.1) is 22.4 Å². The van der Waals surface area contributed by atoms with Crippen LogP contribution in [-0.2, 0) is 6.54 Å². The molecule has 9 nitrogen and oxygen atoms in total. The topological polar surface area (TPSA) is 113 Å². The number of nitrogens with zero attached hydrogens (tertiary/aromatic N) is 4. The molecule has 0 bridgehead atoms. The smallest absolute Gasteiger partial charge is 0.293 e. The monoisotopic (exact) mass is 480 g/mol. The average Bonchev–Trinajstić information content (AvgIpc) is 3.27. The predicted octanol–water partition coefficient (Wildman–Crippen LogP) is 5.10. The lowest BCUT2D eigenvalue weighted by atomic mass is 9.99. The van der Waals surface area contributed by atoms with Crippen LogP contribution < -0.4 is 10.6 Å². The molecule has 0 aliphatic carbocycles. The predicted molar refractivity (Wildman–Crippen MR) is 133 cm³/mol. The van der Waals surface area contributed by atoms with E-state index < -0.39 is 10.8 Å². The highest BCUT2D eigenvalue weighted by atomic mass is 32.1. The molecular weight excluding hydrogens is 452 g/mol. The van der Waals surface area contributed by atoms with Crippen molar-refractivity contribution >= 4 is 33.8 Å². The van der Waals surface area contributed by atoms with Gasteiger partial charge in [0, 0.05) is 29.8 Å². The van der Waals surface area contributed by atoms with Crippen molar-refractivity contribution in [1.82, 2.24) is 14.9 Å². The molecule has 1 aliphatic heterocycles. The Morgan fingerprint density at radius 1 is 1.29 bits per heavy atom. The Labute approximate surface area is 202 Å². The second-order valence-corrected chi connectivity index (χ2v) is 9.52. The largest absolute Gasteiger partial charge is 0.371 e. The Bertz CT molecular complexity index is 1140. The van der Waals surface area contributed by atoms with Gasteiger partial charge in [0.2, 0.25) is 0 Å². The van der Waals surface area contributed by atoms with Crippen molar-refractivity contribution in [2.75, 3.05) is 23.7 Å². The van der Waals surface area contributed by atoms with E-state index in [-0.39, 0.29) is 17.3 Å². The fourth-order valence-electron chi connectivity index (χ4n) is 3.94. The van der Waals surface area contributed by atoms with E-state index in [1.54, 1.807) is 18.3 Å². The van der Waals surface area contributed by atoms with Gasteiger partial charge in [-0.25, -0.2) is 4.98 Å². The fraction of sp³-hybridized carbons (Fsp3) is 0.375. The summed E-state index contributed by atoms with van der Waals surface area (Å²) in [7, 11) is 0. The van der Waals surface area contributed by atoms with Gasteiger partial charge in [-0.3, -0.25) is 30.1 Å². The second-order valence-electron chi connectivity index (χ2n) is 8.67. The van der Waals surface area contributed by atoms with Crippen molar-refractivity contribution < 1.29 is 9.72 Å². The summed E-state index contributed by atoms with van der Waals surface area (Å²) in [5.41, 5.74) is 2.03. The number of anilines is 2. The van der Waals surface area contributed by atoms with Gasteiger partial charge in [-0.1, -0.05) is 13.0 Å². The zero-order chi connectivity index (χ0) is 24.1. The minimum absolute atomic E-state index is 0.172. The number of benzene rings is 1. The summed E-state index contributed by atoms with van der Waals surface area (Å²) in [6.07, 6.45) is 4.06. The number of nitro benzene ring substituents is 1. The number of carbonyl (C=O) groups is 1. The van der Waals surface area contributed by atoms with Crippen molar-refractivity contribution in [3.8, 4) is 0 Å². The third-order valence-corrected chi connectivity index (χ3v) is 6.80. The molecule has 3 heterocycles. The van der Waals surface area contributed by atoms with E-state index in [1.165, 1.54) is 30.2 Å². The fourth-order valence-corrected chi connectivity index (χ4v) is 4.64. The molecule has 1 saturated heterocycles. The number of thiazole rings is 1. The molecule has 1 fully saturated rings. The molecule has 178 valence electrons. The van der Waals surface area contributed by atoms with Crippen LogP contribution in [0.2, 0.25) is 0 Å². The highest BCUT2D eigenvalue weighted by Gasteiger charge is 2.21. The van der Waals surface area contributed by atoms with Gasteiger partial charge in [-0.15, -0.1) is 11.3 Å². The number of piperidine rings is 1. The van der Waals surface area contributed by atoms with Gasteiger partial charge in [0.15, 0.2) is 5.13 Å². The number of aromatic nitrogens is 2. The van der Waals surface area contributed by atoms with Crippen LogP contribution in [0.5, 0.6) is 0 Å². The minimum atomic E-state index is -0.495. The molecule has 1 atom stereocenters. The number of carbonyl (C=O) groups excluding carboxylic acids is 1. The maximum Gasteiger partial charge on any atom is 0.293 e. The van der Waals surface area contributed by atoms with Crippen molar-refractivity contribution in [3.63, 3.8) is 0 Å². The maximum absolute atomic E-state index is 12.8. The lowest BCUT2D eigenvalue weighted by molar-refractivity contribution is -0.384. The number of hydrogen-bond donors (Lipinski definition) is 2. The van der Waals surface area contributed by atoms with Crippen LogP contribution in [0, 0.1) is 16.0 Å². The number of nitro groups is 1. The molecule has 1 amide bonds. The molecule has 3 aromatic rings. The van der Waals surface area contributed by atoms with Gasteiger partial charge >= 0.3 is 0 Å². The number of nitrogens with one attached hydrogen (secondary N) is 2. The highest BCUT2D eigenvalue weighted by Crippen LogP contribution is 2.29. The highest BCUT2D eigenvalue weighted by molar-refractivity contribution is 7.14. The van der Waals surface area contributed by atoms with Crippen LogP contribution in [0.1, 0.15) is 54.5 Å². The van der Waals surface area contributed by atoms with Crippen LogP contribution in [0.15, 0.2) is 48.0 Å². The molecule has 0 radical (unpaired) electrons. The summed E-state index contributed by atoms with van der Waals surface area (Å²) in [5.74, 6) is 0.338. The molecule has 4 rings (SSSR count). The van der Waals surface area contributed by atoms with E-state index >= 15 is 0 Å². The first-order chi connectivity index (χ1) is 16.4. The molecule has 1 aromatic carbocycles. The Morgan fingerprint density at radius 3 is 2.79 bits per heavy atom. The minimum Gasteiger partial charge on any atom is -0.371 e. The quantitative estimate of drug-likeness (QED) is 0.340. The van der Waals surface area contributed by atoms with Gasteiger partial charge in [-0.05, 0) is 63.0 Å². The number of amides is 1. The van der Waals surface area contributed by atoms with Crippen LogP contribution >= 0.6 is 11.3 Å². The zero-order valence-electron chi connectivity index (χ0n) is 19.2. The summed E-state index contributed by atoms with van der Waals surface area (Å²) in [6.45, 7) is 7.03. The van der Waals surface area contributed by atoms with Crippen molar-refractivity contribution in [3.05, 3.63) is 75.0 Å². The van der Waals surface area contributed by atoms with E-state index in [1.807, 2.05) is 30.5 Å². The van der Waals surface area contributed by atoms with Crippen LogP contribution in [0.25, 0.3) is 0 Å². The SMILES string of the molecule is CC1CCN(Cc2csc(NC(=O)c3ccc(NC(C)c4ccccn4)c([N+](=O)[O-])c3)n2)CC1. The summed E-state index contributed by atoms with van der Waals surface area (Å²) in [5, 5.41) is 20.0. The van der Waals surface area contributed by atoms with Gasteiger partial charge in [0.25, 0.3) is 11.6 Å². The standard InChI is InChI=1S/C24H28N6O3S/c1-16-8-11-29(12-9-16)14-19-15-34-24(27-19)28-23(31)18-6-7-21(22(13-18)30(32)33)26-17(2)20-5-3-4-10-25-20/h3-7,10,13,15-17,26H,8-9,11-12,14H2,1-2H3,(H,27,28,31). The average molecular weight is 481 g/mol. The molecule has 0 saturated carbocycles. The Morgan fingerprint density at radius 2 is 2.09 bits per heavy atom. The van der Waals surface area contributed by atoms with Gasteiger partial charge in [-0.2, -0.15) is 0 Å². The van der Waals surface area contributed by atoms with Crippen LogP contribution in [0.4, 0.5) is 16.5 Å². The van der Waals surface area contributed by atoms with Crippen molar-refractivity contribution in [2.45, 2.75) is 39.3 Å². The number of rotatable bonds is 8. The molecular formula is C24H28N6O3S. The third-order valence-electron chi connectivity index (χ3n) is 5.99. The van der Waals surface area contributed by atoms with Gasteiger partial charge < -0.3 is 5.32 Å². The molecule has 1 aliphatic rings. The summed E-state index contributed by atoms with van der Waals surface area (Å²) >= 11 is 1.36. The third kappa shape index (κ3) is 5.95. The second kappa shape index (κ2) is 10.7. The Kier molecular flexibility index (Phi) is 7.49. The van der Waals surface area contributed by atoms with E-state index in [0.717, 1.165) is 36.9 Å². The van der Waals surface area contributed by atoms with Crippen LogP contribution in [0.3, 0.4) is 0 Å². The first-order valence-corrected chi connectivity index (χ1v) is 12.2. The molecule has 10 heteroatoms. The zero-order valence-corrected chi connectivity index (χ0v) is 20.0. The molecule has 34 heavy (non-hydrogen) atoms. The van der Waals surface area contributed by atoms with Gasteiger partial charge in [0.1, 0.15) is 5.69 Å². The normalized spacial score (nSPS) is 15.6. The molecule has 2 N–H and O–H groups in total. The maximum atomic E-state index is 12.8. The number of pyridine rings is 1. The molecule has 0 spiro atoms. The van der Waals surface area contributed by atoms with E-state index in [0.29, 0.717) is 10.8 Å². The van der Waals surface area contributed by atoms with Crippen LogP contribution in [-0.4, -0.2) is 38.8 Å². The summed E-state index contributed by atoms with van der Waals surface area (Å²) < 4.78 is 0. The Hall–Kier alpha value is -3.37. The molecule has 2 aromatic heterocycles. The Balaban J connectivity index is 1.42. The van der Waals surface area contributed by atoms with E-state index in [4.69, 9.17) is 0 Å². The van der Waals surface area contributed by atoms with Crippen molar-refractivity contribution in [1.29, 1.82) is 0 Å². The van der Waals surface area contributed by atoms with E-state index in [2.05, 4.69) is 32.4 Å². The first kappa shape index (κ1) is 23.8. The lowest BCUT2D eigenvalue weighted by Crippen LogP contribution is -2.32. The van der Waals surface area contributed by atoms with E-state index in [9.17, 15) is 14.9 Å². The molecule has 1 unspecified atom stereocenters. The first-order valence-electron chi connectivity index (χ1n) is 11.3. The number of hydrogen-bond acceptors (Lipinski definition) is 8. The van der Waals surface area contributed by atoms with Crippen molar-refractivity contribution in [2.24, 2.45) is 5.92 Å². The number of likely N-dealkylation sites (tertiary alicyclic amines) is 1. The summed E-state index contributed by atoms with van der Waals surface area (Å²) in [4.78, 5) is 35.1. The lowest BCUT2D eigenvalue weighted by Gasteiger charge is -2.29. The summed E-state index contributed by atoms with van der Waals surface area (Å²) in [6, 6.07) is 9.68.